The minimum Gasteiger partial charge on any atom is -0.357 e. The molecule has 218 valence electrons. The fourth-order valence-corrected chi connectivity index (χ4v) is 7.36. The number of rotatable bonds is 3. The first-order chi connectivity index (χ1) is 22.8. The highest BCUT2D eigenvalue weighted by Gasteiger charge is 2.24. The Morgan fingerprint density at radius 2 is 1.04 bits per heavy atom. The Morgan fingerprint density at radius 1 is 0.413 bits per heavy atom. The Hall–Kier alpha value is -6.40. The predicted octanol–water partition coefficient (Wildman–Crippen LogP) is 10.2. The quantitative estimate of drug-likeness (QED) is 0.158. The normalized spacial score (nSPS) is 11.9. The number of hydrogen-bond acceptors (Lipinski definition) is 0. The molecule has 8 aromatic rings. The third kappa shape index (κ3) is 3.46. The van der Waals surface area contributed by atoms with Gasteiger partial charge in [-0.2, -0.15) is 0 Å². The SMILES string of the molecule is c1ccc(-n2c3ccccc3c3cccc(-c4[nH][nH]c(-n5c6ccccc6c6cc7ccccc7cc65)c5[nH]cc[nH]c4-5)c32)cc1. The zero-order valence-electron chi connectivity index (χ0n) is 24.8. The summed E-state index contributed by atoms with van der Waals surface area (Å²) in [6.45, 7) is 0. The monoisotopic (exact) mass is 592 g/mol. The van der Waals surface area contributed by atoms with Crippen molar-refractivity contribution in [1.29, 1.82) is 0 Å². The van der Waals surface area contributed by atoms with Gasteiger partial charge >= 0.3 is 0 Å². The number of fused-ring (bicyclic) bond motifs is 8. The molecule has 0 spiro atoms. The number of hydrogen-bond donors (Lipinski definition) is 4. The summed E-state index contributed by atoms with van der Waals surface area (Å²) in [7, 11) is 0. The third-order valence-electron chi connectivity index (χ3n) is 9.32. The molecule has 6 heteroatoms. The van der Waals surface area contributed by atoms with Gasteiger partial charge in [-0.3, -0.25) is 14.8 Å². The average molecular weight is 593 g/mol. The second kappa shape index (κ2) is 9.55. The zero-order chi connectivity index (χ0) is 30.2. The zero-order valence-corrected chi connectivity index (χ0v) is 24.8. The summed E-state index contributed by atoms with van der Waals surface area (Å²) in [5.41, 5.74) is 9.72. The molecule has 0 saturated carbocycles. The molecule has 4 heterocycles. The molecule has 10 rings (SSSR count). The summed E-state index contributed by atoms with van der Waals surface area (Å²) >= 11 is 0. The molecule has 46 heavy (non-hydrogen) atoms. The highest BCUT2D eigenvalue weighted by molar-refractivity contribution is 6.15. The van der Waals surface area contributed by atoms with Gasteiger partial charge in [-0.1, -0.05) is 97.1 Å². The third-order valence-corrected chi connectivity index (χ3v) is 9.32. The Kier molecular flexibility index (Phi) is 5.19. The van der Waals surface area contributed by atoms with E-state index in [-0.39, 0.29) is 0 Å². The topological polar surface area (TPSA) is 73.0 Å². The standard InChI is InChI=1S/C40H28N6/c1-2-13-27(14-3-1)45-33-19-8-6-15-28(33)30-17-10-18-31(39(30)45)36-37-38(42-22-21-41-37)40(44-43-36)46-34-20-9-7-16-29(34)32-23-25-11-4-5-12-26(25)24-35(32)46/h1-24,41-44H. The fourth-order valence-electron chi connectivity index (χ4n) is 7.36. The van der Waals surface area contributed by atoms with E-state index in [0.717, 1.165) is 50.7 Å². The Morgan fingerprint density at radius 3 is 1.85 bits per heavy atom. The van der Waals surface area contributed by atoms with Crippen molar-refractivity contribution < 1.29 is 0 Å². The van der Waals surface area contributed by atoms with Gasteiger partial charge in [-0.05, 0) is 47.2 Å². The van der Waals surface area contributed by atoms with E-state index in [9.17, 15) is 0 Å². The van der Waals surface area contributed by atoms with Crippen LogP contribution in [-0.2, 0) is 0 Å². The molecular formula is C40H28N6. The first kappa shape index (κ1) is 25.0. The highest BCUT2D eigenvalue weighted by atomic mass is 15.2. The summed E-state index contributed by atoms with van der Waals surface area (Å²) in [5, 5.41) is 14.6. The van der Waals surface area contributed by atoms with Crippen molar-refractivity contribution in [3.8, 4) is 34.2 Å². The molecule has 0 amide bonds. The van der Waals surface area contributed by atoms with Crippen LogP contribution in [-0.4, -0.2) is 29.3 Å². The number of para-hydroxylation sites is 4. The molecule has 0 aliphatic carbocycles. The van der Waals surface area contributed by atoms with Crippen molar-refractivity contribution in [3.05, 3.63) is 146 Å². The van der Waals surface area contributed by atoms with E-state index in [4.69, 9.17) is 0 Å². The molecule has 0 bridgehead atoms. The second-order valence-electron chi connectivity index (χ2n) is 11.8. The molecule has 0 unspecified atom stereocenters. The van der Waals surface area contributed by atoms with E-state index in [1.54, 1.807) is 0 Å². The maximum absolute atomic E-state index is 3.66. The number of aromatic nitrogens is 6. The Bertz CT molecular complexity index is 2760. The molecule has 2 aliphatic rings. The van der Waals surface area contributed by atoms with Crippen LogP contribution in [0.25, 0.3) is 88.5 Å². The van der Waals surface area contributed by atoms with Crippen LogP contribution in [0.4, 0.5) is 0 Å². The number of nitrogens with one attached hydrogen (secondary N) is 4. The maximum Gasteiger partial charge on any atom is 0.156 e. The summed E-state index contributed by atoms with van der Waals surface area (Å²) in [5.74, 6) is 0.924. The van der Waals surface area contributed by atoms with Crippen molar-refractivity contribution in [2.75, 3.05) is 0 Å². The number of nitrogens with zero attached hydrogens (tertiary/aromatic N) is 2. The van der Waals surface area contributed by atoms with Gasteiger partial charge in [0, 0.05) is 45.2 Å². The van der Waals surface area contributed by atoms with Crippen LogP contribution in [0.15, 0.2) is 146 Å². The highest BCUT2D eigenvalue weighted by Crippen LogP contribution is 2.42. The second-order valence-corrected chi connectivity index (χ2v) is 11.8. The van der Waals surface area contributed by atoms with Gasteiger partial charge < -0.3 is 14.5 Å². The van der Waals surface area contributed by atoms with Crippen molar-refractivity contribution in [2.24, 2.45) is 0 Å². The van der Waals surface area contributed by atoms with Gasteiger partial charge in [0.15, 0.2) is 5.82 Å². The van der Waals surface area contributed by atoms with Gasteiger partial charge in [0.2, 0.25) is 0 Å². The molecule has 6 aromatic carbocycles. The van der Waals surface area contributed by atoms with E-state index in [1.807, 2.05) is 12.4 Å². The lowest BCUT2D eigenvalue weighted by Crippen LogP contribution is -2.09. The van der Waals surface area contributed by atoms with Crippen LogP contribution in [0.5, 0.6) is 0 Å². The number of benzene rings is 6. The van der Waals surface area contributed by atoms with Crippen LogP contribution in [0.1, 0.15) is 0 Å². The van der Waals surface area contributed by atoms with E-state index < -0.39 is 0 Å². The summed E-state index contributed by atoms with van der Waals surface area (Å²) in [6.07, 6.45) is 3.91. The smallest absolute Gasteiger partial charge is 0.156 e. The molecular weight excluding hydrogens is 564 g/mol. The van der Waals surface area contributed by atoms with Gasteiger partial charge in [0.1, 0.15) is 5.69 Å². The van der Waals surface area contributed by atoms with Gasteiger partial charge in [0.05, 0.1) is 33.5 Å². The van der Waals surface area contributed by atoms with Gasteiger partial charge in [-0.25, -0.2) is 0 Å². The minimum atomic E-state index is 0.924. The van der Waals surface area contributed by atoms with Crippen LogP contribution in [0.2, 0.25) is 0 Å². The molecule has 0 saturated heterocycles. The van der Waals surface area contributed by atoms with E-state index in [0.29, 0.717) is 0 Å². The molecule has 0 atom stereocenters. The summed E-state index contributed by atoms with van der Waals surface area (Å²) in [4.78, 5) is 7.19. The van der Waals surface area contributed by atoms with Gasteiger partial charge in [-0.15, -0.1) is 0 Å². The number of aromatic amines is 4. The first-order valence-corrected chi connectivity index (χ1v) is 15.5. The molecule has 6 nitrogen and oxygen atoms in total. The van der Waals surface area contributed by atoms with Crippen molar-refractivity contribution in [1.82, 2.24) is 29.3 Å². The summed E-state index contributed by atoms with van der Waals surface area (Å²) < 4.78 is 4.70. The largest absolute Gasteiger partial charge is 0.357 e. The Balaban J connectivity index is 1.29. The van der Waals surface area contributed by atoms with E-state index in [1.165, 1.54) is 37.8 Å². The lowest BCUT2D eigenvalue weighted by Gasteiger charge is -2.20. The van der Waals surface area contributed by atoms with Crippen molar-refractivity contribution >= 4 is 54.4 Å². The number of H-pyrrole nitrogens is 4. The van der Waals surface area contributed by atoms with Crippen molar-refractivity contribution in [2.45, 2.75) is 0 Å². The lowest BCUT2D eigenvalue weighted by molar-refractivity contribution is 0.935. The maximum atomic E-state index is 3.66. The van der Waals surface area contributed by atoms with Gasteiger partial charge in [0.25, 0.3) is 0 Å². The molecule has 4 N–H and O–H groups in total. The van der Waals surface area contributed by atoms with E-state index in [2.05, 4.69) is 163 Å². The van der Waals surface area contributed by atoms with Crippen LogP contribution >= 0.6 is 0 Å². The molecule has 2 aromatic heterocycles. The first-order valence-electron chi connectivity index (χ1n) is 15.5. The van der Waals surface area contributed by atoms with Crippen molar-refractivity contribution in [3.63, 3.8) is 0 Å². The lowest BCUT2D eigenvalue weighted by atomic mass is 10.0. The predicted molar refractivity (Wildman–Crippen MR) is 190 cm³/mol. The molecule has 2 aliphatic heterocycles. The fraction of sp³-hybridized carbons (Fsp3) is 0. The molecule has 0 radical (unpaired) electrons. The van der Waals surface area contributed by atoms with Crippen LogP contribution in [0.3, 0.4) is 0 Å². The molecule has 0 fully saturated rings. The summed E-state index contributed by atoms with van der Waals surface area (Å²) in [6, 6.07) is 47.6. The average Bonchev–Trinajstić information content (AvgIpc) is 3.63. The van der Waals surface area contributed by atoms with E-state index >= 15 is 0 Å². The van der Waals surface area contributed by atoms with Crippen LogP contribution in [0, 0.1) is 0 Å². The Labute approximate surface area is 263 Å². The minimum absolute atomic E-state index is 0.924. The van der Waals surface area contributed by atoms with Crippen LogP contribution < -0.4 is 0 Å².